The highest BCUT2D eigenvalue weighted by Crippen LogP contribution is 2.52. The lowest BCUT2D eigenvalue weighted by molar-refractivity contribution is -0.0471. The maximum atomic E-state index is 13.1. The molecule has 12 nitrogen and oxygen atoms in total. The van der Waals surface area contributed by atoms with Crippen LogP contribution in [-0.2, 0) is 18.2 Å². The minimum atomic E-state index is -2.38. The molecule has 0 radical (unpaired) electrons. The van der Waals surface area contributed by atoms with Gasteiger partial charge in [0.15, 0.2) is 25.7 Å². The van der Waals surface area contributed by atoms with Crippen molar-refractivity contribution in [3.8, 4) is 0 Å². The number of fused-ring (bicyclic) bond motifs is 1. The summed E-state index contributed by atoms with van der Waals surface area (Å²) in [7, 11) is -3.95. The van der Waals surface area contributed by atoms with Gasteiger partial charge in [-0.15, -0.1) is 0 Å². The van der Waals surface area contributed by atoms with E-state index in [-0.39, 0.29) is 53.4 Å². The average molecular weight is 666 g/mol. The van der Waals surface area contributed by atoms with Crippen LogP contribution in [0.1, 0.15) is 82.4 Å². The SMILES string of the molecule is [C-]#[N+]CCOP(OC1[C@@H](C(C)C)O[C@@H](n2cnc3c(=O)[nH]c(NCC(C)C)nc32)[C@H]1O[Si](C)(C)C(C)(C)C)N(C(C)C)C(C)C. The molecular formula is C31H56N7O5PSi. The molecule has 45 heavy (non-hydrogen) atoms. The summed E-state index contributed by atoms with van der Waals surface area (Å²) in [5, 5.41) is 3.15. The van der Waals surface area contributed by atoms with Crippen LogP contribution in [-0.4, -0.2) is 82.6 Å². The van der Waals surface area contributed by atoms with Crippen LogP contribution in [0, 0.1) is 18.4 Å². The number of hydrogen-bond donors (Lipinski definition) is 2. The maximum absolute atomic E-state index is 13.1. The zero-order chi connectivity index (χ0) is 33.9. The first-order chi connectivity index (χ1) is 20.9. The van der Waals surface area contributed by atoms with E-state index in [1.165, 1.54) is 0 Å². The molecule has 2 unspecified atom stereocenters. The second kappa shape index (κ2) is 15.3. The number of ether oxygens (including phenoxy) is 1. The molecule has 0 saturated carbocycles. The number of hydrogen-bond acceptors (Lipinski definition) is 9. The van der Waals surface area contributed by atoms with Crippen LogP contribution in [0.2, 0.25) is 18.1 Å². The van der Waals surface area contributed by atoms with Crippen LogP contribution in [0.3, 0.4) is 0 Å². The summed E-state index contributed by atoms with van der Waals surface area (Å²) in [4.78, 5) is 28.6. The quantitative estimate of drug-likeness (QED) is 0.0916. The number of rotatable bonds is 15. The Morgan fingerprint density at radius 2 is 1.80 bits per heavy atom. The summed E-state index contributed by atoms with van der Waals surface area (Å²) < 4.78 is 31.5. The first-order valence-corrected chi connectivity index (χ1v) is 20.2. The summed E-state index contributed by atoms with van der Waals surface area (Å²) in [5.41, 5.74) is 0.337. The molecule has 2 N–H and O–H groups in total. The normalized spacial score (nSPS) is 22.0. The van der Waals surface area contributed by atoms with Gasteiger partial charge in [0.1, 0.15) is 18.8 Å². The number of anilines is 1. The third-order valence-corrected chi connectivity index (χ3v) is 15.0. The van der Waals surface area contributed by atoms with Gasteiger partial charge in [-0.25, -0.2) is 16.2 Å². The Kier molecular flexibility index (Phi) is 12.8. The molecule has 0 aliphatic carbocycles. The third kappa shape index (κ3) is 8.92. The zero-order valence-electron chi connectivity index (χ0n) is 29.5. The van der Waals surface area contributed by atoms with Crippen molar-refractivity contribution in [3.05, 3.63) is 28.1 Å². The van der Waals surface area contributed by atoms with E-state index < -0.39 is 35.3 Å². The van der Waals surface area contributed by atoms with Crippen LogP contribution in [0.15, 0.2) is 11.1 Å². The van der Waals surface area contributed by atoms with Gasteiger partial charge in [0.25, 0.3) is 14.1 Å². The number of aromatic nitrogens is 4. The van der Waals surface area contributed by atoms with E-state index >= 15 is 0 Å². The highest BCUT2D eigenvalue weighted by Gasteiger charge is 2.54. The number of imidazole rings is 1. The molecule has 0 aromatic carbocycles. The zero-order valence-corrected chi connectivity index (χ0v) is 31.4. The number of H-pyrrole nitrogens is 1. The van der Waals surface area contributed by atoms with E-state index in [9.17, 15) is 4.79 Å². The van der Waals surface area contributed by atoms with E-state index in [0.29, 0.717) is 24.1 Å². The molecule has 3 rings (SSSR count). The van der Waals surface area contributed by atoms with Gasteiger partial charge in [-0.05, 0) is 57.7 Å². The molecule has 14 heteroatoms. The van der Waals surface area contributed by atoms with Crippen LogP contribution in [0.5, 0.6) is 0 Å². The lowest BCUT2D eigenvalue weighted by atomic mass is 10.0. The van der Waals surface area contributed by atoms with Gasteiger partial charge >= 0.3 is 0 Å². The van der Waals surface area contributed by atoms with E-state index in [2.05, 4.69) is 114 Å². The van der Waals surface area contributed by atoms with E-state index in [1.54, 1.807) is 6.33 Å². The highest BCUT2D eigenvalue weighted by atomic mass is 31.2. The van der Waals surface area contributed by atoms with Gasteiger partial charge in [0, 0.05) is 18.6 Å². The van der Waals surface area contributed by atoms with Crippen LogP contribution in [0.25, 0.3) is 16.0 Å². The molecule has 1 fully saturated rings. The van der Waals surface area contributed by atoms with Crippen molar-refractivity contribution in [1.29, 1.82) is 0 Å². The minimum absolute atomic E-state index is 0.0755. The molecule has 5 atom stereocenters. The second-order valence-electron chi connectivity index (χ2n) is 14.7. The first-order valence-electron chi connectivity index (χ1n) is 16.1. The van der Waals surface area contributed by atoms with Crippen LogP contribution >= 0.6 is 8.53 Å². The maximum Gasteiger partial charge on any atom is 0.280 e. The number of nitrogens with zero attached hydrogens (tertiary/aromatic N) is 5. The van der Waals surface area contributed by atoms with E-state index in [4.69, 9.17) is 29.8 Å². The fraction of sp³-hybridized carbons (Fsp3) is 0.806. The summed E-state index contributed by atoms with van der Waals surface area (Å²) in [6, 6.07) is 0.286. The van der Waals surface area contributed by atoms with Crippen LogP contribution in [0.4, 0.5) is 5.95 Å². The van der Waals surface area contributed by atoms with Gasteiger partial charge in [0.2, 0.25) is 12.5 Å². The smallest absolute Gasteiger partial charge is 0.280 e. The molecule has 254 valence electrons. The van der Waals surface area contributed by atoms with Gasteiger partial charge < -0.3 is 28.4 Å². The molecule has 2 aromatic heterocycles. The largest absolute Gasteiger partial charge is 0.407 e. The van der Waals surface area contributed by atoms with Crippen molar-refractivity contribution in [1.82, 2.24) is 24.2 Å². The second-order valence-corrected chi connectivity index (χ2v) is 20.8. The molecular weight excluding hydrogens is 609 g/mol. The Balaban J connectivity index is 2.17. The fourth-order valence-electron chi connectivity index (χ4n) is 5.08. The van der Waals surface area contributed by atoms with Crippen LogP contribution < -0.4 is 10.9 Å². The number of nitrogens with one attached hydrogen (secondary N) is 2. The molecule has 1 aliphatic heterocycles. The third-order valence-electron chi connectivity index (χ3n) is 8.37. The van der Waals surface area contributed by atoms with Crippen molar-refractivity contribution in [2.24, 2.45) is 11.8 Å². The fourth-order valence-corrected chi connectivity index (χ4v) is 8.11. The van der Waals surface area contributed by atoms with E-state index in [1.807, 2.05) is 4.57 Å². The lowest BCUT2D eigenvalue weighted by Gasteiger charge is -2.42. The lowest BCUT2D eigenvalue weighted by Crippen LogP contribution is -2.49. The topological polar surface area (TPSA) is 120 Å². The highest BCUT2D eigenvalue weighted by molar-refractivity contribution is 7.44. The molecule has 2 aromatic rings. The summed E-state index contributed by atoms with van der Waals surface area (Å²) >= 11 is 0. The Hall–Kier alpha value is -1.91. The summed E-state index contributed by atoms with van der Waals surface area (Å²) in [5.74, 6) is 0.827. The van der Waals surface area contributed by atoms with Crippen molar-refractivity contribution < 1.29 is 18.2 Å². The molecule has 1 saturated heterocycles. The standard InChI is InChI=1S/C31H56N7O5PSi/c1-19(2)17-33-30-35-27-23(28(39)36-30)34-18-37(27)29-26(43-45(13,14)31(9,10)11)25(24(41-29)20(3)4)42-44(40-16-15-32-12)38(21(5)6)22(7)8/h18-22,24-26,29H,15-17H2,1-11,13-14H3,(H2,33,35,36,39)/t24-,25?,26+,29-,44?/m1/s1. The first kappa shape index (κ1) is 37.5. The molecule has 1 aliphatic rings. The number of aromatic amines is 1. The van der Waals surface area contributed by atoms with Gasteiger partial charge in [-0.2, -0.15) is 4.98 Å². The van der Waals surface area contributed by atoms with Crippen molar-refractivity contribution in [3.63, 3.8) is 0 Å². The molecule has 0 bridgehead atoms. The van der Waals surface area contributed by atoms with Gasteiger partial charge in [-0.1, -0.05) is 48.5 Å². The van der Waals surface area contributed by atoms with Crippen molar-refractivity contribution in [2.45, 2.75) is 131 Å². The van der Waals surface area contributed by atoms with Crippen molar-refractivity contribution >= 4 is 34.0 Å². The summed E-state index contributed by atoms with van der Waals surface area (Å²) in [6.07, 6.45) is -0.422. The Bertz CT molecular complexity index is 1340. The Morgan fingerprint density at radius 3 is 2.33 bits per heavy atom. The Labute approximate surface area is 271 Å². The molecule has 3 heterocycles. The molecule has 0 spiro atoms. The van der Waals surface area contributed by atoms with Gasteiger partial charge in [0.05, 0.1) is 12.4 Å². The molecule has 0 amide bonds. The predicted molar refractivity (Wildman–Crippen MR) is 184 cm³/mol. The van der Waals surface area contributed by atoms with E-state index in [0.717, 1.165) is 0 Å². The average Bonchev–Trinajstić information content (AvgIpc) is 3.48. The Morgan fingerprint density at radius 1 is 1.16 bits per heavy atom. The monoisotopic (exact) mass is 665 g/mol. The van der Waals surface area contributed by atoms with Crippen molar-refractivity contribution in [2.75, 3.05) is 25.0 Å². The predicted octanol–water partition coefficient (Wildman–Crippen LogP) is 6.80. The summed E-state index contributed by atoms with van der Waals surface area (Å²) in [6.45, 7) is 36.4. The van der Waals surface area contributed by atoms with Gasteiger partial charge in [-0.3, -0.25) is 14.3 Å². The minimum Gasteiger partial charge on any atom is -0.407 e.